The van der Waals surface area contributed by atoms with Crippen molar-refractivity contribution in [3.8, 4) is 57.4 Å². The number of aryl methyl sites for hydroxylation is 2. The Morgan fingerprint density at radius 1 is 0.603 bits per heavy atom. The minimum Gasteiger partial charge on any atom is -0.476 e. The Balaban J connectivity index is 0.000000167. The number of nitrogens with two attached hydrogens (primary N) is 3. The predicted molar refractivity (Wildman–Crippen MR) is 272 cm³/mol. The van der Waals surface area contributed by atoms with Crippen molar-refractivity contribution in [2.24, 2.45) is 19.8 Å². The molecule has 0 bridgehead atoms. The first-order chi connectivity index (χ1) is 35.2. The zero-order chi connectivity index (χ0) is 51.8. The number of fused-ring (bicyclic) bond motifs is 2. The number of nitrogen functional groups attached to an aromatic ring is 2. The summed E-state index contributed by atoms with van der Waals surface area (Å²) >= 11 is 0. The van der Waals surface area contributed by atoms with Crippen molar-refractivity contribution in [1.29, 1.82) is 10.5 Å². The molecule has 73 heavy (non-hydrogen) atoms. The van der Waals surface area contributed by atoms with E-state index in [1.807, 2.05) is 91.9 Å². The molecule has 0 radical (unpaired) electrons. The molecule has 0 aliphatic rings. The maximum atomic E-state index is 13.2. The van der Waals surface area contributed by atoms with E-state index < -0.39 is 17.9 Å². The van der Waals surface area contributed by atoms with Crippen molar-refractivity contribution in [1.82, 2.24) is 64.7 Å². The van der Waals surface area contributed by atoms with Gasteiger partial charge >= 0.3 is 5.97 Å². The highest BCUT2D eigenvalue weighted by Gasteiger charge is 2.24. The van der Waals surface area contributed by atoms with Crippen LogP contribution in [0.5, 0.6) is 0 Å². The number of nitriles is 2. The van der Waals surface area contributed by atoms with Gasteiger partial charge in [-0.15, -0.1) is 0 Å². The number of benzene rings is 2. The van der Waals surface area contributed by atoms with Gasteiger partial charge in [0.05, 0.1) is 39.9 Å². The maximum Gasteiger partial charge on any atom is 0.358 e. The molecular formula is C52H44N18O3. The Hall–Kier alpha value is -10.4. The third kappa shape index (κ3) is 11.2. The molecule has 10 aromatic rings. The normalized spacial score (nSPS) is 11.5. The molecule has 0 saturated heterocycles. The third-order valence-corrected chi connectivity index (χ3v) is 11.0. The molecule has 0 aliphatic carbocycles. The van der Waals surface area contributed by atoms with Crippen molar-refractivity contribution in [2.75, 3.05) is 11.5 Å². The van der Waals surface area contributed by atoms with E-state index >= 15 is 0 Å². The van der Waals surface area contributed by atoms with Crippen LogP contribution in [0.2, 0.25) is 0 Å². The minimum absolute atomic E-state index is 0.0146. The lowest BCUT2D eigenvalue weighted by Crippen LogP contribution is -2.29. The van der Waals surface area contributed by atoms with Gasteiger partial charge in [0.15, 0.2) is 23.0 Å². The molecule has 8 heterocycles. The number of carboxylic acid groups (broad SMARTS) is 1. The van der Waals surface area contributed by atoms with Crippen LogP contribution < -0.4 is 22.5 Å². The number of hydrogen-bond donors (Lipinski definition) is 5. The molecule has 21 heteroatoms. The molecule has 2 aromatic carbocycles. The van der Waals surface area contributed by atoms with Crippen molar-refractivity contribution in [2.45, 2.75) is 25.9 Å². The number of nitrogens with one attached hydrogen (secondary N) is 1. The van der Waals surface area contributed by atoms with Gasteiger partial charge < -0.3 is 27.6 Å². The summed E-state index contributed by atoms with van der Waals surface area (Å²) in [6.45, 7) is 3.61. The summed E-state index contributed by atoms with van der Waals surface area (Å²) in [4.78, 5) is 59.4. The number of carbonyl (C=O) groups is 2. The van der Waals surface area contributed by atoms with E-state index in [4.69, 9.17) is 27.7 Å². The first kappa shape index (κ1) is 49.1. The molecule has 0 fully saturated rings. The Morgan fingerprint density at radius 3 is 1.55 bits per heavy atom. The van der Waals surface area contributed by atoms with Crippen molar-refractivity contribution < 1.29 is 14.7 Å². The summed E-state index contributed by atoms with van der Waals surface area (Å²) in [5.41, 5.74) is 25.3. The molecule has 2 unspecified atom stereocenters. The highest BCUT2D eigenvalue weighted by atomic mass is 16.4. The second-order valence-corrected chi connectivity index (χ2v) is 16.3. The number of nitrogens with zero attached hydrogens (tertiary/aromatic N) is 14. The number of pyridine rings is 4. The topological polar surface area (TPSA) is 331 Å². The molecule has 8 N–H and O–H groups in total. The van der Waals surface area contributed by atoms with Crippen molar-refractivity contribution >= 4 is 45.3 Å². The summed E-state index contributed by atoms with van der Waals surface area (Å²) in [6, 6.07) is 36.1. The summed E-state index contributed by atoms with van der Waals surface area (Å²) in [5, 5.41) is 40.5. The quantitative estimate of drug-likeness (QED) is 0.0995. The second kappa shape index (κ2) is 21.5. The van der Waals surface area contributed by atoms with Crippen molar-refractivity contribution in [3.05, 3.63) is 168 Å². The fourth-order valence-corrected chi connectivity index (χ4v) is 7.37. The number of aromatic nitrogens is 12. The van der Waals surface area contributed by atoms with Crippen LogP contribution in [0.4, 0.5) is 11.6 Å². The van der Waals surface area contributed by atoms with Gasteiger partial charge in [-0.05, 0) is 86.6 Å². The maximum absolute atomic E-state index is 13.2. The Bertz CT molecular complexity index is 3780. The van der Waals surface area contributed by atoms with Crippen LogP contribution in [-0.4, -0.2) is 76.4 Å². The number of hydrogen-bond acceptors (Lipinski definition) is 17. The lowest BCUT2D eigenvalue weighted by Gasteiger charge is -2.16. The van der Waals surface area contributed by atoms with Gasteiger partial charge in [0.25, 0.3) is 5.91 Å². The van der Waals surface area contributed by atoms with Gasteiger partial charge in [0, 0.05) is 66.8 Å². The van der Waals surface area contributed by atoms with Crippen LogP contribution in [0.1, 0.15) is 69.7 Å². The van der Waals surface area contributed by atoms with Crippen molar-refractivity contribution in [3.63, 3.8) is 0 Å². The van der Waals surface area contributed by atoms with Gasteiger partial charge in [0.2, 0.25) is 0 Å². The van der Waals surface area contributed by atoms with Crippen LogP contribution in [-0.2, 0) is 14.1 Å². The van der Waals surface area contributed by atoms with Gasteiger partial charge in [-0.25, -0.2) is 34.7 Å². The largest absolute Gasteiger partial charge is 0.476 e. The fraction of sp³-hybridized carbons (Fsp3) is 0.115. The molecule has 360 valence electrons. The number of carbonyl (C=O) groups excluding carboxylic acids is 1. The summed E-state index contributed by atoms with van der Waals surface area (Å²) in [6.07, 6.45) is 7.01. The van der Waals surface area contributed by atoms with Crippen LogP contribution in [0.25, 0.3) is 67.1 Å². The molecule has 0 aliphatic heterocycles. The van der Waals surface area contributed by atoms with Gasteiger partial charge in [-0.2, -0.15) is 20.7 Å². The average molecular weight is 969 g/mol. The number of carboxylic acids is 1. The number of anilines is 2. The SMILES string of the molecule is CC(N)c1cccc(C#N)n1.CC(NC(=O)c1nc(-c2ccc3ncccc3c2)c(-c2ccn(C)n2)nc1N)c1cccc(C#N)n1.Cn1ccc(-c2nc(N)c(C(=O)O)nc2-c2ccc3ncccc3c2)n1. The first-order valence-corrected chi connectivity index (χ1v) is 22.3. The zero-order valence-electron chi connectivity index (χ0n) is 39.6. The standard InChI is InChI=1S/C26H21N9O.C18H14N6O2.C8H9N3/c1-15(19-7-3-6-18(14-27)31-19)30-26(36)24-25(28)33-23(21-10-12-35(2)34-21)22(32-24)17-8-9-20-16(13-17)5-4-11-29-20;1-24-8-6-13(23-24)15-14(21-16(18(25)26)17(19)22-15)11-4-5-12-10(9-11)3-2-7-20-12;1-6(10)8-4-2-3-7(5-9)11-8/h3-13,15H,1-2H3,(H2,28,33)(H,30,36);2-9H,1H3,(H2,19,22)(H,25,26);2-4,6H,10H2,1H3. The lowest BCUT2D eigenvalue weighted by molar-refractivity contribution is 0.0691. The Labute approximate surface area is 416 Å². The molecule has 1 amide bonds. The molecule has 0 saturated carbocycles. The molecule has 10 rings (SSSR count). The average Bonchev–Trinajstić information content (AvgIpc) is 4.06. The highest BCUT2D eigenvalue weighted by molar-refractivity contribution is 5.98. The van der Waals surface area contributed by atoms with E-state index in [2.05, 4.69) is 55.4 Å². The van der Waals surface area contributed by atoms with E-state index in [1.54, 1.807) is 91.6 Å². The van der Waals surface area contributed by atoms with E-state index in [-0.39, 0.29) is 34.8 Å². The molecule has 21 nitrogen and oxygen atoms in total. The zero-order valence-corrected chi connectivity index (χ0v) is 39.6. The summed E-state index contributed by atoms with van der Waals surface area (Å²) < 4.78 is 3.29. The number of rotatable bonds is 9. The lowest BCUT2D eigenvalue weighted by atomic mass is 10.0. The number of amides is 1. The van der Waals surface area contributed by atoms with Gasteiger partial charge in [-0.1, -0.05) is 36.4 Å². The van der Waals surface area contributed by atoms with Crippen LogP contribution in [0, 0.1) is 22.7 Å². The molecule has 2 atom stereocenters. The smallest absolute Gasteiger partial charge is 0.358 e. The van der Waals surface area contributed by atoms with E-state index in [0.717, 1.165) is 33.1 Å². The monoisotopic (exact) mass is 968 g/mol. The molecule has 0 spiro atoms. The second-order valence-electron chi connectivity index (χ2n) is 16.3. The minimum atomic E-state index is -1.23. The summed E-state index contributed by atoms with van der Waals surface area (Å²) in [7, 11) is 3.59. The van der Waals surface area contributed by atoms with E-state index in [1.165, 1.54) is 0 Å². The van der Waals surface area contributed by atoms with Crippen LogP contribution >= 0.6 is 0 Å². The summed E-state index contributed by atoms with van der Waals surface area (Å²) in [5.74, 6) is -1.91. The van der Waals surface area contributed by atoms with E-state index in [0.29, 0.717) is 51.1 Å². The first-order valence-electron chi connectivity index (χ1n) is 22.3. The third-order valence-electron chi connectivity index (χ3n) is 11.0. The Kier molecular flexibility index (Phi) is 14.4. The van der Waals surface area contributed by atoms with Crippen LogP contribution in [0.3, 0.4) is 0 Å². The number of aromatic carboxylic acids is 1. The highest BCUT2D eigenvalue weighted by Crippen LogP contribution is 2.33. The van der Waals surface area contributed by atoms with Crippen LogP contribution in [0.15, 0.2) is 134 Å². The van der Waals surface area contributed by atoms with Gasteiger partial charge in [0.1, 0.15) is 46.3 Å². The van der Waals surface area contributed by atoms with Gasteiger partial charge in [-0.3, -0.25) is 24.1 Å². The van der Waals surface area contributed by atoms with E-state index in [9.17, 15) is 14.7 Å². The molecular weight excluding hydrogens is 925 g/mol. The Morgan fingerprint density at radius 2 is 1.08 bits per heavy atom. The predicted octanol–water partition coefficient (Wildman–Crippen LogP) is 6.78. The molecule has 8 aromatic heterocycles. The fourth-order valence-electron chi connectivity index (χ4n) is 7.37.